The number of ether oxygens (including phenoxy) is 1. The molecule has 0 saturated carbocycles. The first kappa shape index (κ1) is 14.6. The van der Waals surface area contributed by atoms with Crippen LogP contribution in [-0.4, -0.2) is 49.9 Å². The van der Waals surface area contributed by atoms with Crippen LogP contribution < -0.4 is 5.73 Å². The Morgan fingerprint density at radius 1 is 1.45 bits per heavy atom. The second-order valence-electron chi connectivity index (χ2n) is 4.96. The molecule has 1 saturated heterocycles. The maximum absolute atomic E-state index is 10.3. The lowest BCUT2D eigenvalue weighted by Crippen LogP contribution is -2.40. The highest BCUT2D eigenvalue weighted by molar-refractivity contribution is 5.69. The molecule has 1 unspecified atom stereocenters. The molecule has 10 heteroatoms. The molecule has 22 heavy (non-hydrogen) atoms. The number of hydrogen-bond acceptors (Lipinski definition) is 7. The van der Waals surface area contributed by atoms with Crippen molar-refractivity contribution in [1.82, 2.24) is 9.61 Å². The van der Waals surface area contributed by atoms with E-state index in [0.717, 1.165) is 0 Å². The zero-order chi connectivity index (χ0) is 15.9. The molecular formula is C12H14N6O4. The Balaban J connectivity index is 2.24. The van der Waals surface area contributed by atoms with Crippen molar-refractivity contribution >= 4 is 11.2 Å². The van der Waals surface area contributed by atoms with Crippen molar-refractivity contribution in [3.8, 4) is 0 Å². The van der Waals surface area contributed by atoms with E-state index in [1.807, 2.05) is 0 Å². The van der Waals surface area contributed by atoms with E-state index in [0.29, 0.717) is 11.2 Å². The highest BCUT2D eigenvalue weighted by atomic mass is 16.6. The van der Waals surface area contributed by atoms with Gasteiger partial charge in [0.05, 0.1) is 23.5 Å². The van der Waals surface area contributed by atoms with Gasteiger partial charge in [0.1, 0.15) is 18.3 Å². The average molecular weight is 306 g/mol. The van der Waals surface area contributed by atoms with Crippen molar-refractivity contribution in [3.05, 3.63) is 40.5 Å². The van der Waals surface area contributed by atoms with Gasteiger partial charge in [0, 0.05) is 11.1 Å². The molecule has 0 aliphatic carbocycles. The minimum atomic E-state index is -1.91. The summed E-state index contributed by atoms with van der Waals surface area (Å²) in [5, 5.41) is 37.2. The third kappa shape index (κ3) is 1.83. The number of nitrogens with zero attached hydrogens (tertiary/aromatic N) is 5. The zero-order valence-electron chi connectivity index (χ0n) is 11.3. The number of azide groups is 1. The highest BCUT2D eigenvalue weighted by Crippen LogP contribution is 2.42. The van der Waals surface area contributed by atoms with E-state index >= 15 is 0 Å². The van der Waals surface area contributed by atoms with Crippen LogP contribution in [0.4, 0.5) is 5.69 Å². The molecule has 1 fully saturated rings. The summed E-state index contributed by atoms with van der Waals surface area (Å²) in [6.07, 6.45) is -2.63. The monoisotopic (exact) mass is 306 g/mol. The molecule has 3 rings (SSSR count). The van der Waals surface area contributed by atoms with Gasteiger partial charge in [0.25, 0.3) is 0 Å². The van der Waals surface area contributed by atoms with Crippen LogP contribution >= 0.6 is 0 Å². The summed E-state index contributed by atoms with van der Waals surface area (Å²) in [6, 6.07) is 4.75. The Kier molecular flexibility index (Phi) is 3.39. The van der Waals surface area contributed by atoms with Crippen LogP contribution in [0.1, 0.15) is 5.69 Å². The average Bonchev–Trinajstić information content (AvgIpc) is 3.04. The molecule has 116 valence electrons. The van der Waals surface area contributed by atoms with Crippen molar-refractivity contribution < 1.29 is 20.1 Å². The van der Waals surface area contributed by atoms with E-state index in [4.69, 9.17) is 16.0 Å². The summed E-state index contributed by atoms with van der Waals surface area (Å²) in [4.78, 5) is 2.70. The predicted octanol–water partition coefficient (Wildman–Crippen LogP) is -0.508. The first-order valence-corrected chi connectivity index (χ1v) is 6.49. The van der Waals surface area contributed by atoms with Crippen LogP contribution in [0.5, 0.6) is 0 Å². The lowest BCUT2D eigenvalue weighted by atomic mass is 10.0. The minimum absolute atomic E-state index is 0.204. The Morgan fingerprint density at radius 3 is 2.86 bits per heavy atom. The van der Waals surface area contributed by atoms with Gasteiger partial charge in [0.15, 0.2) is 0 Å². The Labute approximate surface area is 124 Å². The Hall–Kier alpha value is -2.36. The fourth-order valence-corrected chi connectivity index (χ4v) is 2.67. The summed E-state index contributed by atoms with van der Waals surface area (Å²) >= 11 is 0. The van der Waals surface area contributed by atoms with Crippen molar-refractivity contribution in [2.45, 2.75) is 24.0 Å². The van der Waals surface area contributed by atoms with E-state index in [2.05, 4.69) is 15.1 Å². The highest BCUT2D eigenvalue weighted by Gasteiger charge is 2.56. The molecule has 0 aromatic carbocycles. The Bertz CT molecular complexity index is 757. The van der Waals surface area contributed by atoms with Crippen molar-refractivity contribution in [3.63, 3.8) is 0 Å². The van der Waals surface area contributed by atoms with Gasteiger partial charge in [0.2, 0.25) is 5.72 Å². The van der Waals surface area contributed by atoms with Gasteiger partial charge in [-0.3, -0.25) is 0 Å². The first-order valence-electron chi connectivity index (χ1n) is 6.49. The maximum Gasteiger partial charge on any atom is 0.217 e. The van der Waals surface area contributed by atoms with Gasteiger partial charge in [-0.1, -0.05) is 0 Å². The van der Waals surface area contributed by atoms with Gasteiger partial charge in [-0.15, -0.1) is 0 Å². The number of aromatic nitrogens is 2. The number of rotatable bonds is 3. The van der Waals surface area contributed by atoms with Gasteiger partial charge >= 0.3 is 0 Å². The van der Waals surface area contributed by atoms with Crippen LogP contribution in [0.2, 0.25) is 0 Å². The summed E-state index contributed by atoms with van der Waals surface area (Å²) < 4.78 is 6.84. The molecule has 0 bridgehead atoms. The lowest BCUT2D eigenvalue weighted by molar-refractivity contribution is -0.0970. The molecule has 2 aromatic heterocycles. The third-order valence-corrected chi connectivity index (χ3v) is 3.76. The smallest absolute Gasteiger partial charge is 0.217 e. The summed E-state index contributed by atoms with van der Waals surface area (Å²) in [7, 11) is 0. The van der Waals surface area contributed by atoms with Gasteiger partial charge in [-0.2, -0.15) is 5.10 Å². The number of aliphatic hydroxyl groups is 3. The molecule has 5 N–H and O–H groups in total. The molecule has 0 radical (unpaired) electrons. The van der Waals surface area contributed by atoms with Crippen molar-refractivity contribution in [2.75, 3.05) is 12.3 Å². The van der Waals surface area contributed by atoms with E-state index in [-0.39, 0.29) is 5.69 Å². The molecule has 0 amide bonds. The van der Waals surface area contributed by atoms with E-state index in [1.54, 1.807) is 12.1 Å². The summed E-state index contributed by atoms with van der Waals surface area (Å²) in [6.45, 7) is -0.542. The first-order chi connectivity index (χ1) is 10.5. The van der Waals surface area contributed by atoms with Crippen molar-refractivity contribution in [2.24, 2.45) is 5.11 Å². The number of aliphatic hydroxyl groups excluding tert-OH is 3. The second kappa shape index (κ2) is 5.13. The SMILES string of the molecule is [N-]=[N+]=N[C@]1(c2ccc3c(N)ccnn23)O[C@H](CO)C(O)[C@@H]1O. The second-order valence-corrected chi connectivity index (χ2v) is 4.96. The molecule has 2 aromatic rings. The number of anilines is 1. The molecule has 1 aliphatic heterocycles. The summed E-state index contributed by atoms with van der Waals surface area (Å²) in [5.74, 6) is 0. The van der Waals surface area contributed by atoms with Crippen molar-refractivity contribution in [1.29, 1.82) is 0 Å². The standard InChI is InChI=1S/C12H14N6O4/c13-6-3-4-15-18-7(6)1-2-9(18)12(16-17-14)11(21)10(20)8(5-19)22-12/h1-4,8,10-11,19-21H,5,13H2/t8-,10?,11+,12-/m1/s1. The van der Waals surface area contributed by atoms with E-state index in [9.17, 15) is 15.3 Å². The van der Waals surface area contributed by atoms with Crippen LogP contribution in [-0.2, 0) is 10.5 Å². The maximum atomic E-state index is 10.3. The van der Waals surface area contributed by atoms with Crippen LogP contribution in [0.3, 0.4) is 0 Å². The molecule has 1 aliphatic rings. The lowest BCUT2D eigenvalue weighted by Gasteiger charge is -2.26. The van der Waals surface area contributed by atoms with Gasteiger partial charge in [-0.25, -0.2) is 4.52 Å². The quantitative estimate of drug-likeness (QED) is 0.339. The molecule has 0 spiro atoms. The molecule has 10 nitrogen and oxygen atoms in total. The molecular weight excluding hydrogens is 292 g/mol. The summed E-state index contributed by atoms with van der Waals surface area (Å²) in [5.41, 5.74) is 14.0. The molecule has 3 heterocycles. The van der Waals surface area contributed by atoms with Crippen LogP contribution in [0.25, 0.3) is 16.0 Å². The Morgan fingerprint density at radius 2 is 2.23 bits per heavy atom. The normalized spacial score (nSPS) is 31.3. The number of nitrogen functional groups attached to an aromatic ring is 1. The minimum Gasteiger partial charge on any atom is -0.397 e. The van der Waals surface area contributed by atoms with Crippen LogP contribution in [0.15, 0.2) is 29.5 Å². The van der Waals surface area contributed by atoms with Gasteiger partial charge in [-0.05, 0) is 28.8 Å². The van der Waals surface area contributed by atoms with E-state index < -0.39 is 30.6 Å². The topological polar surface area (TPSA) is 162 Å². The van der Waals surface area contributed by atoms with Gasteiger partial charge < -0.3 is 25.8 Å². The fraction of sp³-hybridized carbons (Fsp3) is 0.417. The third-order valence-electron chi connectivity index (χ3n) is 3.76. The van der Waals surface area contributed by atoms with Crippen LogP contribution in [0, 0.1) is 0 Å². The number of fused-ring (bicyclic) bond motifs is 1. The van der Waals surface area contributed by atoms with E-state index in [1.165, 1.54) is 16.8 Å². The number of nitrogens with two attached hydrogens (primary N) is 1. The number of hydrogen-bond donors (Lipinski definition) is 4. The molecule has 4 atom stereocenters. The zero-order valence-corrected chi connectivity index (χ0v) is 11.3. The fourth-order valence-electron chi connectivity index (χ4n) is 2.67. The predicted molar refractivity (Wildman–Crippen MR) is 74.4 cm³/mol. The largest absolute Gasteiger partial charge is 0.397 e.